The Morgan fingerprint density at radius 2 is 1.60 bits per heavy atom. The van der Waals surface area contributed by atoms with E-state index in [0.717, 1.165) is 12.8 Å². The van der Waals surface area contributed by atoms with Gasteiger partial charge in [0.1, 0.15) is 0 Å². The van der Waals surface area contributed by atoms with Crippen LogP contribution in [0, 0.1) is 5.92 Å². The number of hydrogen-bond acceptors (Lipinski definition) is 1. The highest BCUT2D eigenvalue weighted by Gasteiger charge is 2.41. The molecule has 0 radical (unpaired) electrons. The average molecular weight is 240 g/mol. The van der Waals surface area contributed by atoms with Crippen LogP contribution in [0.15, 0.2) is 0 Å². The lowest BCUT2D eigenvalue weighted by Gasteiger charge is -2.21. The minimum Gasteiger partial charge on any atom is -0.308 e. The van der Waals surface area contributed by atoms with E-state index in [1.54, 1.807) is 0 Å². The van der Waals surface area contributed by atoms with Crippen molar-refractivity contribution >= 4 is 12.4 Å². The van der Waals surface area contributed by atoms with E-state index in [0.29, 0.717) is 5.92 Å². The third-order valence-corrected chi connectivity index (χ3v) is 3.61. The van der Waals surface area contributed by atoms with Gasteiger partial charge in [-0.3, -0.25) is 0 Å². The fourth-order valence-electron chi connectivity index (χ4n) is 2.79. The first-order valence-corrected chi connectivity index (χ1v) is 5.79. The van der Waals surface area contributed by atoms with Crippen molar-refractivity contribution < 1.29 is 8.78 Å². The maximum absolute atomic E-state index is 13.0. The second-order valence-corrected chi connectivity index (χ2v) is 4.80. The molecule has 2 rings (SSSR count). The SMILES string of the molecule is Cl.FC1(F)CNC(C2CCCCCC2)C1. The maximum atomic E-state index is 13.0. The van der Waals surface area contributed by atoms with Gasteiger partial charge in [-0.05, 0) is 18.8 Å². The fourth-order valence-corrected chi connectivity index (χ4v) is 2.79. The molecule has 0 amide bonds. The minimum atomic E-state index is -2.45. The lowest BCUT2D eigenvalue weighted by Crippen LogP contribution is -2.30. The van der Waals surface area contributed by atoms with Crippen molar-refractivity contribution in [1.29, 1.82) is 0 Å². The lowest BCUT2D eigenvalue weighted by molar-refractivity contribution is 0.0189. The summed E-state index contributed by atoms with van der Waals surface area (Å²) in [7, 11) is 0. The zero-order chi connectivity index (χ0) is 10.0. The molecule has 0 aromatic heterocycles. The third-order valence-electron chi connectivity index (χ3n) is 3.61. The highest BCUT2D eigenvalue weighted by molar-refractivity contribution is 5.85. The van der Waals surface area contributed by atoms with Gasteiger partial charge >= 0.3 is 0 Å². The number of alkyl halides is 2. The van der Waals surface area contributed by atoms with E-state index in [4.69, 9.17) is 0 Å². The van der Waals surface area contributed by atoms with E-state index in [1.807, 2.05) is 0 Å². The summed E-state index contributed by atoms with van der Waals surface area (Å²) in [4.78, 5) is 0. The highest BCUT2D eigenvalue weighted by atomic mass is 35.5. The summed E-state index contributed by atoms with van der Waals surface area (Å²) in [6, 6.07) is 0.0862. The standard InChI is InChI=1S/C11H19F2N.ClH/c12-11(13)7-10(14-8-11)9-5-3-1-2-4-6-9;/h9-10,14H,1-8H2;1H. The summed E-state index contributed by atoms with van der Waals surface area (Å²) in [5, 5.41) is 2.99. The predicted molar refractivity (Wildman–Crippen MR) is 59.8 cm³/mol. The molecular weight excluding hydrogens is 220 g/mol. The molecule has 0 aromatic carbocycles. The van der Waals surface area contributed by atoms with E-state index >= 15 is 0 Å². The zero-order valence-corrected chi connectivity index (χ0v) is 9.79. The highest BCUT2D eigenvalue weighted by Crippen LogP contribution is 2.34. The Kier molecular flexibility index (Phi) is 4.78. The van der Waals surface area contributed by atoms with Gasteiger partial charge in [-0.15, -0.1) is 12.4 Å². The molecular formula is C11H20ClF2N. The van der Waals surface area contributed by atoms with Gasteiger partial charge in [0.15, 0.2) is 0 Å². The molecule has 1 atom stereocenters. The molecule has 0 spiro atoms. The first-order valence-electron chi connectivity index (χ1n) is 5.79. The van der Waals surface area contributed by atoms with Gasteiger partial charge in [0.25, 0.3) is 5.92 Å². The Hall–Kier alpha value is 0.110. The van der Waals surface area contributed by atoms with Crippen molar-refractivity contribution in [2.24, 2.45) is 5.92 Å². The number of halogens is 3. The quantitative estimate of drug-likeness (QED) is 0.692. The van der Waals surface area contributed by atoms with Crippen LogP contribution in [0.4, 0.5) is 8.78 Å². The van der Waals surface area contributed by atoms with Crippen LogP contribution < -0.4 is 5.32 Å². The van der Waals surface area contributed by atoms with Crippen molar-refractivity contribution in [2.75, 3.05) is 6.54 Å². The van der Waals surface area contributed by atoms with Gasteiger partial charge in [0.05, 0.1) is 6.54 Å². The molecule has 15 heavy (non-hydrogen) atoms. The van der Waals surface area contributed by atoms with Gasteiger partial charge < -0.3 is 5.32 Å². The fraction of sp³-hybridized carbons (Fsp3) is 1.00. The lowest BCUT2D eigenvalue weighted by atomic mass is 9.90. The summed E-state index contributed by atoms with van der Waals surface area (Å²) in [5.74, 6) is -1.94. The Balaban J connectivity index is 0.00000112. The van der Waals surface area contributed by atoms with Gasteiger partial charge in [0.2, 0.25) is 0 Å². The Bertz CT molecular complexity index is 188. The molecule has 4 heteroatoms. The van der Waals surface area contributed by atoms with Gasteiger partial charge in [-0.25, -0.2) is 8.78 Å². The molecule has 1 nitrogen and oxygen atoms in total. The summed E-state index contributed by atoms with van der Waals surface area (Å²) in [6.45, 7) is -0.103. The molecule has 0 bridgehead atoms. The summed E-state index contributed by atoms with van der Waals surface area (Å²) >= 11 is 0. The second kappa shape index (κ2) is 5.44. The van der Waals surface area contributed by atoms with Crippen molar-refractivity contribution in [1.82, 2.24) is 5.32 Å². The van der Waals surface area contributed by atoms with Crippen LogP contribution in [0.1, 0.15) is 44.9 Å². The van der Waals surface area contributed by atoms with E-state index in [1.165, 1.54) is 25.7 Å². The molecule has 1 aliphatic carbocycles. The van der Waals surface area contributed by atoms with Gasteiger partial charge in [-0.1, -0.05) is 25.7 Å². The van der Waals surface area contributed by atoms with Gasteiger partial charge in [0, 0.05) is 12.5 Å². The number of hydrogen-bond donors (Lipinski definition) is 1. The first kappa shape index (κ1) is 13.2. The largest absolute Gasteiger partial charge is 0.308 e. The smallest absolute Gasteiger partial charge is 0.261 e. The molecule has 1 heterocycles. The van der Waals surface area contributed by atoms with E-state index in [-0.39, 0.29) is 31.4 Å². The molecule has 2 fully saturated rings. The van der Waals surface area contributed by atoms with E-state index in [2.05, 4.69) is 5.32 Å². The van der Waals surface area contributed by atoms with Crippen LogP contribution in [0.2, 0.25) is 0 Å². The zero-order valence-electron chi connectivity index (χ0n) is 8.98. The second-order valence-electron chi connectivity index (χ2n) is 4.80. The van der Waals surface area contributed by atoms with Crippen LogP contribution in [0.25, 0.3) is 0 Å². The van der Waals surface area contributed by atoms with Crippen molar-refractivity contribution in [3.63, 3.8) is 0 Å². The molecule has 1 saturated heterocycles. The van der Waals surface area contributed by atoms with Crippen molar-refractivity contribution in [3.8, 4) is 0 Å². The molecule has 0 aromatic rings. The normalized spacial score (nSPS) is 32.0. The third kappa shape index (κ3) is 3.56. The van der Waals surface area contributed by atoms with Crippen LogP contribution >= 0.6 is 12.4 Å². The minimum absolute atomic E-state index is 0. The Morgan fingerprint density at radius 3 is 2.07 bits per heavy atom. The summed E-state index contributed by atoms with van der Waals surface area (Å²) < 4.78 is 26.0. The molecule has 1 N–H and O–H groups in total. The molecule has 1 unspecified atom stereocenters. The predicted octanol–water partition coefficient (Wildman–Crippen LogP) is 3.38. The van der Waals surface area contributed by atoms with E-state index in [9.17, 15) is 8.78 Å². The van der Waals surface area contributed by atoms with Crippen LogP contribution in [-0.2, 0) is 0 Å². The van der Waals surface area contributed by atoms with Gasteiger partial charge in [-0.2, -0.15) is 0 Å². The molecule has 90 valence electrons. The Labute approximate surface area is 96.4 Å². The number of nitrogens with one attached hydrogen (secondary N) is 1. The van der Waals surface area contributed by atoms with Crippen LogP contribution in [0.3, 0.4) is 0 Å². The van der Waals surface area contributed by atoms with Crippen molar-refractivity contribution in [2.45, 2.75) is 56.9 Å². The topological polar surface area (TPSA) is 12.0 Å². The monoisotopic (exact) mass is 239 g/mol. The van der Waals surface area contributed by atoms with E-state index < -0.39 is 5.92 Å². The average Bonchev–Trinajstić information content (AvgIpc) is 2.42. The van der Waals surface area contributed by atoms with Crippen LogP contribution in [-0.4, -0.2) is 18.5 Å². The number of rotatable bonds is 1. The van der Waals surface area contributed by atoms with Crippen LogP contribution in [0.5, 0.6) is 0 Å². The first-order chi connectivity index (χ1) is 6.67. The molecule has 1 aliphatic heterocycles. The summed E-state index contributed by atoms with van der Waals surface area (Å²) in [5.41, 5.74) is 0. The molecule has 2 aliphatic rings. The Morgan fingerprint density at radius 1 is 1.00 bits per heavy atom. The van der Waals surface area contributed by atoms with Crippen molar-refractivity contribution in [3.05, 3.63) is 0 Å². The maximum Gasteiger partial charge on any atom is 0.261 e. The molecule has 1 saturated carbocycles. The summed E-state index contributed by atoms with van der Waals surface area (Å²) in [6.07, 6.45) is 7.40.